The molecular formula is C12H18N4O3. The molecule has 1 amide bonds. The lowest BCUT2D eigenvalue weighted by atomic mass is 10.3. The van der Waals surface area contributed by atoms with Crippen LogP contribution < -0.4 is 10.9 Å². The number of anilines is 1. The molecule has 0 unspecified atom stereocenters. The number of amides is 1. The van der Waals surface area contributed by atoms with Crippen LogP contribution in [0.15, 0.2) is 17.2 Å². The van der Waals surface area contributed by atoms with Gasteiger partial charge in [0.2, 0.25) is 5.91 Å². The molecule has 0 aromatic carbocycles. The zero-order chi connectivity index (χ0) is 13.7. The summed E-state index contributed by atoms with van der Waals surface area (Å²) in [5.41, 5.74) is -0.193. The third kappa shape index (κ3) is 3.54. The van der Waals surface area contributed by atoms with Crippen molar-refractivity contribution in [3.05, 3.63) is 22.7 Å². The Morgan fingerprint density at radius 3 is 2.95 bits per heavy atom. The van der Waals surface area contributed by atoms with Crippen molar-refractivity contribution in [1.29, 1.82) is 0 Å². The zero-order valence-corrected chi connectivity index (χ0v) is 11.0. The van der Waals surface area contributed by atoms with E-state index in [9.17, 15) is 9.59 Å². The van der Waals surface area contributed by atoms with Crippen LogP contribution >= 0.6 is 0 Å². The molecule has 1 fully saturated rings. The van der Waals surface area contributed by atoms with Gasteiger partial charge in [-0.05, 0) is 0 Å². The Balaban J connectivity index is 1.81. The van der Waals surface area contributed by atoms with E-state index in [0.29, 0.717) is 39.3 Å². The molecule has 1 aliphatic heterocycles. The van der Waals surface area contributed by atoms with Gasteiger partial charge in [0.25, 0.3) is 5.56 Å². The molecule has 0 bridgehead atoms. The maximum Gasteiger partial charge on any atom is 0.293 e. The summed E-state index contributed by atoms with van der Waals surface area (Å²) in [6.45, 7) is 2.89. The molecule has 2 rings (SSSR count). The molecule has 7 heteroatoms. The number of carbonyl (C=O) groups is 1. The Bertz CT molecular complexity index is 494. The van der Waals surface area contributed by atoms with Crippen LogP contribution in [0.25, 0.3) is 0 Å². The number of aromatic nitrogens is 2. The van der Waals surface area contributed by atoms with Gasteiger partial charge in [-0.25, -0.2) is 4.98 Å². The van der Waals surface area contributed by atoms with Crippen LogP contribution in [0.3, 0.4) is 0 Å². The Kier molecular flexibility index (Phi) is 4.51. The van der Waals surface area contributed by atoms with Crippen LogP contribution in [0.4, 0.5) is 5.82 Å². The van der Waals surface area contributed by atoms with Crippen molar-refractivity contribution in [1.82, 2.24) is 14.5 Å². The van der Waals surface area contributed by atoms with Gasteiger partial charge < -0.3 is 19.5 Å². The van der Waals surface area contributed by atoms with E-state index < -0.39 is 0 Å². The van der Waals surface area contributed by atoms with Gasteiger partial charge in [0.1, 0.15) is 0 Å². The summed E-state index contributed by atoms with van der Waals surface area (Å²) in [5.74, 6) is 0.350. The SMILES string of the molecule is Cn1ccnc(NCCC(=O)N2CCOCC2)c1=O. The van der Waals surface area contributed by atoms with Crippen LogP contribution in [-0.2, 0) is 16.6 Å². The third-order valence-electron chi connectivity index (χ3n) is 3.01. The first kappa shape index (κ1) is 13.5. The molecule has 7 nitrogen and oxygen atoms in total. The van der Waals surface area contributed by atoms with Crippen molar-refractivity contribution in [3.8, 4) is 0 Å². The van der Waals surface area contributed by atoms with E-state index in [1.807, 2.05) is 0 Å². The van der Waals surface area contributed by atoms with E-state index in [1.54, 1.807) is 24.3 Å². The van der Waals surface area contributed by atoms with Crippen molar-refractivity contribution in [3.63, 3.8) is 0 Å². The quantitative estimate of drug-likeness (QED) is 0.790. The molecule has 0 spiro atoms. The summed E-state index contributed by atoms with van der Waals surface area (Å²) >= 11 is 0. The van der Waals surface area contributed by atoms with Gasteiger partial charge in [-0.3, -0.25) is 9.59 Å². The molecular weight excluding hydrogens is 248 g/mol. The van der Waals surface area contributed by atoms with Crippen molar-refractivity contribution in [2.24, 2.45) is 7.05 Å². The molecule has 1 aliphatic rings. The Morgan fingerprint density at radius 2 is 2.21 bits per heavy atom. The molecule has 19 heavy (non-hydrogen) atoms. The molecule has 0 saturated carbocycles. The van der Waals surface area contributed by atoms with Gasteiger partial charge in [0, 0.05) is 45.5 Å². The topological polar surface area (TPSA) is 76.5 Å². The van der Waals surface area contributed by atoms with Crippen LogP contribution in [-0.4, -0.2) is 53.2 Å². The predicted molar refractivity (Wildman–Crippen MR) is 70.0 cm³/mol. The van der Waals surface area contributed by atoms with E-state index in [0.717, 1.165) is 0 Å². The largest absolute Gasteiger partial charge is 0.378 e. The number of hydrogen-bond donors (Lipinski definition) is 1. The van der Waals surface area contributed by atoms with E-state index in [1.165, 1.54) is 4.57 Å². The minimum absolute atomic E-state index is 0.0727. The first-order chi connectivity index (χ1) is 9.18. The van der Waals surface area contributed by atoms with E-state index in [-0.39, 0.29) is 17.3 Å². The van der Waals surface area contributed by atoms with Crippen LogP contribution in [0.5, 0.6) is 0 Å². The average Bonchev–Trinajstić information content (AvgIpc) is 2.44. The molecule has 1 aromatic heterocycles. The van der Waals surface area contributed by atoms with Crippen molar-refractivity contribution in [2.75, 3.05) is 38.2 Å². The monoisotopic (exact) mass is 266 g/mol. The van der Waals surface area contributed by atoms with Crippen LogP contribution in [0, 0.1) is 0 Å². The highest BCUT2D eigenvalue weighted by Gasteiger charge is 2.16. The maximum absolute atomic E-state index is 11.9. The highest BCUT2D eigenvalue weighted by molar-refractivity contribution is 5.76. The van der Waals surface area contributed by atoms with E-state index >= 15 is 0 Å². The second-order valence-corrected chi connectivity index (χ2v) is 4.36. The molecule has 0 aliphatic carbocycles. The lowest BCUT2D eigenvalue weighted by molar-refractivity contribution is -0.134. The van der Waals surface area contributed by atoms with Crippen LogP contribution in [0.2, 0.25) is 0 Å². The number of aryl methyl sites for hydroxylation is 1. The zero-order valence-electron chi connectivity index (χ0n) is 11.0. The number of nitrogens with zero attached hydrogens (tertiary/aromatic N) is 3. The minimum atomic E-state index is -0.193. The smallest absolute Gasteiger partial charge is 0.293 e. The number of morpholine rings is 1. The number of rotatable bonds is 4. The highest BCUT2D eigenvalue weighted by Crippen LogP contribution is 2.00. The lowest BCUT2D eigenvalue weighted by Gasteiger charge is -2.26. The van der Waals surface area contributed by atoms with E-state index in [4.69, 9.17) is 4.74 Å². The first-order valence-electron chi connectivity index (χ1n) is 6.29. The third-order valence-corrected chi connectivity index (χ3v) is 3.01. The highest BCUT2D eigenvalue weighted by atomic mass is 16.5. The van der Waals surface area contributed by atoms with Gasteiger partial charge in [-0.2, -0.15) is 0 Å². The Morgan fingerprint density at radius 1 is 1.47 bits per heavy atom. The predicted octanol–water partition coefficient (Wildman–Crippen LogP) is -0.559. The van der Waals surface area contributed by atoms with E-state index in [2.05, 4.69) is 10.3 Å². The van der Waals surface area contributed by atoms with Gasteiger partial charge in [0.05, 0.1) is 13.2 Å². The summed E-state index contributed by atoms with van der Waals surface area (Å²) in [4.78, 5) is 29.3. The summed E-state index contributed by atoms with van der Waals surface area (Å²) in [5, 5.41) is 2.90. The van der Waals surface area contributed by atoms with Crippen molar-refractivity contribution < 1.29 is 9.53 Å². The second kappa shape index (κ2) is 6.33. The molecule has 1 N–H and O–H groups in total. The molecule has 2 heterocycles. The Hall–Kier alpha value is -1.89. The standard InChI is InChI=1S/C12H18N4O3/c1-15-5-4-14-11(12(15)18)13-3-2-10(17)16-6-8-19-9-7-16/h4-5H,2-3,6-9H2,1H3,(H,13,14). The summed E-state index contributed by atoms with van der Waals surface area (Å²) < 4.78 is 6.63. The fourth-order valence-electron chi connectivity index (χ4n) is 1.88. The fourth-order valence-corrected chi connectivity index (χ4v) is 1.88. The lowest BCUT2D eigenvalue weighted by Crippen LogP contribution is -2.41. The number of nitrogens with one attached hydrogen (secondary N) is 1. The number of hydrogen-bond acceptors (Lipinski definition) is 5. The molecule has 0 radical (unpaired) electrons. The normalized spacial score (nSPS) is 15.3. The van der Waals surface area contributed by atoms with Crippen molar-refractivity contribution >= 4 is 11.7 Å². The van der Waals surface area contributed by atoms with Gasteiger partial charge in [0.15, 0.2) is 5.82 Å². The van der Waals surface area contributed by atoms with Crippen molar-refractivity contribution in [2.45, 2.75) is 6.42 Å². The first-order valence-corrected chi connectivity index (χ1v) is 6.29. The van der Waals surface area contributed by atoms with Gasteiger partial charge in [-0.1, -0.05) is 0 Å². The molecule has 0 atom stereocenters. The molecule has 1 saturated heterocycles. The summed E-state index contributed by atoms with van der Waals surface area (Å²) in [6.07, 6.45) is 3.49. The number of carbonyl (C=O) groups excluding carboxylic acids is 1. The van der Waals surface area contributed by atoms with Gasteiger partial charge in [-0.15, -0.1) is 0 Å². The maximum atomic E-state index is 11.9. The summed E-state index contributed by atoms with van der Waals surface area (Å²) in [7, 11) is 1.66. The van der Waals surface area contributed by atoms with Crippen LogP contribution in [0.1, 0.15) is 6.42 Å². The molecule has 1 aromatic rings. The fraction of sp³-hybridized carbons (Fsp3) is 0.583. The molecule has 104 valence electrons. The average molecular weight is 266 g/mol. The van der Waals surface area contributed by atoms with Gasteiger partial charge >= 0.3 is 0 Å². The number of ether oxygens (including phenoxy) is 1. The minimum Gasteiger partial charge on any atom is -0.378 e. The Labute approximate surface area is 111 Å². The second-order valence-electron chi connectivity index (χ2n) is 4.36. The summed E-state index contributed by atoms with van der Waals surface area (Å²) in [6, 6.07) is 0.